The third kappa shape index (κ3) is 35.2. The van der Waals surface area contributed by atoms with Gasteiger partial charge in [0.15, 0.2) is 0 Å². The Morgan fingerprint density at radius 1 is 0.295 bits per heavy atom. The van der Waals surface area contributed by atoms with Gasteiger partial charge < -0.3 is 11.5 Å². The zero-order chi connectivity index (χ0) is 32.4. The summed E-state index contributed by atoms with van der Waals surface area (Å²) in [5, 5.41) is 0. The molecular formula is C40H78N2O2. The van der Waals surface area contributed by atoms with Crippen molar-refractivity contribution in [1.29, 1.82) is 0 Å². The molecule has 4 heteroatoms. The predicted octanol–water partition coefficient (Wildman–Crippen LogP) is 12.6. The van der Waals surface area contributed by atoms with Gasteiger partial charge in [-0.1, -0.05) is 178 Å². The van der Waals surface area contributed by atoms with Gasteiger partial charge in [0, 0.05) is 12.8 Å². The summed E-state index contributed by atoms with van der Waals surface area (Å²) in [7, 11) is 0. The van der Waals surface area contributed by atoms with Crippen molar-refractivity contribution in [3.8, 4) is 0 Å². The molecule has 0 spiro atoms. The fourth-order valence-electron chi connectivity index (χ4n) is 6.50. The minimum absolute atomic E-state index is 0.154. The van der Waals surface area contributed by atoms with Gasteiger partial charge in [-0.25, -0.2) is 0 Å². The highest BCUT2D eigenvalue weighted by Crippen LogP contribution is 2.22. The van der Waals surface area contributed by atoms with E-state index in [9.17, 15) is 9.59 Å². The van der Waals surface area contributed by atoms with E-state index in [1.165, 1.54) is 180 Å². The van der Waals surface area contributed by atoms with Gasteiger partial charge in [0.05, 0.1) is 0 Å². The molecule has 0 radical (unpaired) electrons. The SMILES string of the molecule is CC(C)=C(CCCCCCCCCCCCCCCCCC(N)=O)CCCCCCCCCCCCCCCCCC(N)=O. The molecule has 0 bridgehead atoms. The molecule has 0 saturated heterocycles. The van der Waals surface area contributed by atoms with Crippen molar-refractivity contribution in [1.82, 2.24) is 0 Å². The molecule has 0 aromatic heterocycles. The smallest absolute Gasteiger partial charge is 0.217 e. The number of rotatable bonds is 36. The van der Waals surface area contributed by atoms with Crippen LogP contribution in [-0.4, -0.2) is 11.8 Å². The molecule has 0 unspecified atom stereocenters. The lowest BCUT2D eigenvalue weighted by molar-refractivity contribution is -0.119. The summed E-state index contributed by atoms with van der Waals surface area (Å²) < 4.78 is 0. The third-order valence-electron chi connectivity index (χ3n) is 9.51. The molecule has 0 heterocycles. The van der Waals surface area contributed by atoms with E-state index in [1.54, 1.807) is 11.1 Å². The van der Waals surface area contributed by atoms with Crippen molar-refractivity contribution >= 4 is 11.8 Å². The van der Waals surface area contributed by atoms with E-state index in [2.05, 4.69) is 13.8 Å². The van der Waals surface area contributed by atoms with Gasteiger partial charge in [-0.3, -0.25) is 9.59 Å². The quantitative estimate of drug-likeness (QED) is 0.0540. The Hall–Kier alpha value is -1.32. The summed E-state index contributed by atoms with van der Waals surface area (Å²) in [6.45, 7) is 4.66. The van der Waals surface area contributed by atoms with E-state index in [4.69, 9.17) is 11.5 Å². The second-order valence-corrected chi connectivity index (χ2v) is 14.1. The Kier molecular flexibility index (Phi) is 33.5. The molecule has 0 saturated carbocycles. The van der Waals surface area contributed by atoms with E-state index in [0.717, 1.165) is 25.7 Å². The number of primary amides is 2. The van der Waals surface area contributed by atoms with Gasteiger partial charge in [0.1, 0.15) is 0 Å². The first-order valence-electron chi connectivity index (χ1n) is 19.6. The summed E-state index contributed by atoms with van der Waals surface area (Å²) in [6, 6.07) is 0. The number of nitrogens with two attached hydrogens (primary N) is 2. The van der Waals surface area contributed by atoms with E-state index in [-0.39, 0.29) is 11.8 Å². The number of amides is 2. The second kappa shape index (κ2) is 34.6. The Balaban J connectivity index is 3.39. The van der Waals surface area contributed by atoms with Gasteiger partial charge in [-0.05, 0) is 52.4 Å². The number of carbonyl (C=O) groups is 2. The van der Waals surface area contributed by atoms with Crippen LogP contribution < -0.4 is 11.5 Å². The van der Waals surface area contributed by atoms with Crippen molar-refractivity contribution in [3.05, 3.63) is 11.1 Å². The summed E-state index contributed by atoms with van der Waals surface area (Å²) >= 11 is 0. The van der Waals surface area contributed by atoms with Crippen LogP contribution in [0.4, 0.5) is 0 Å². The highest BCUT2D eigenvalue weighted by molar-refractivity contribution is 5.73. The average Bonchev–Trinajstić information content (AvgIpc) is 2.98. The molecule has 260 valence electrons. The zero-order valence-electron chi connectivity index (χ0n) is 30.0. The van der Waals surface area contributed by atoms with Crippen LogP contribution in [-0.2, 0) is 9.59 Å². The van der Waals surface area contributed by atoms with Crippen molar-refractivity contribution < 1.29 is 9.59 Å². The van der Waals surface area contributed by atoms with Gasteiger partial charge in [-0.2, -0.15) is 0 Å². The molecule has 0 aromatic rings. The summed E-state index contributed by atoms with van der Waals surface area (Å²) in [5.41, 5.74) is 13.7. The highest BCUT2D eigenvalue weighted by Gasteiger charge is 2.02. The van der Waals surface area contributed by atoms with Crippen LogP contribution in [0.5, 0.6) is 0 Å². The fourth-order valence-corrected chi connectivity index (χ4v) is 6.50. The topological polar surface area (TPSA) is 86.2 Å². The average molecular weight is 619 g/mol. The lowest BCUT2D eigenvalue weighted by Crippen LogP contribution is -2.09. The van der Waals surface area contributed by atoms with Gasteiger partial charge in [-0.15, -0.1) is 0 Å². The number of carbonyl (C=O) groups excluding carboxylic acids is 2. The summed E-state index contributed by atoms with van der Waals surface area (Å²) in [4.78, 5) is 21.5. The number of allylic oxidation sites excluding steroid dienone is 2. The second-order valence-electron chi connectivity index (χ2n) is 14.1. The molecule has 0 aliphatic rings. The van der Waals surface area contributed by atoms with Crippen molar-refractivity contribution in [3.63, 3.8) is 0 Å². The molecule has 2 amide bonds. The summed E-state index contributed by atoms with van der Waals surface area (Å²) in [5.74, 6) is -0.309. The molecule has 4 N–H and O–H groups in total. The van der Waals surface area contributed by atoms with E-state index in [0.29, 0.717) is 12.8 Å². The normalized spacial score (nSPS) is 11.2. The van der Waals surface area contributed by atoms with Crippen LogP contribution in [0.2, 0.25) is 0 Å². The van der Waals surface area contributed by atoms with Gasteiger partial charge >= 0.3 is 0 Å². The molecule has 0 aliphatic carbocycles. The molecule has 0 fully saturated rings. The first-order chi connectivity index (χ1) is 21.4. The minimum Gasteiger partial charge on any atom is -0.370 e. The lowest BCUT2D eigenvalue weighted by Gasteiger charge is -2.10. The highest BCUT2D eigenvalue weighted by atomic mass is 16.1. The zero-order valence-corrected chi connectivity index (χ0v) is 30.0. The van der Waals surface area contributed by atoms with E-state index < -0.39 is 0 Å². The maximum Gasteiger partial charge on any atom is 0.217 e. The summed E-state index contributed by atoms with van der Waals surface area (Å²) in [6.07, 6.45) is 44.2. The van der Waals surface area contributed by atoms with E-state index >= 15 is 0 Å². The van der Waals surface area contributed by atoms with Crippen LogP contribution in [0.3, 0.4) is 0 Å². The van der Waals surface area contributed by atoms with Crippen molar-refractivity contribution in [2.75, 3.05) is 0 Å². The largest absolute Gasteiger partial charge is 0.370 e. The standard InChI is InChI=1S/C40H78N2O2/c1-37(2)38(33-29-25-21-17-13-9-5-3-7-11-15-19-23-27-31-35-39(41)43)34-30-26-22-18-14-10-6-4-8-12-16-20-24-28-32-36-40(42)44/h3-36H2,1-2H3,(H2,41,43)(H2,42,44). The van der Waals surface area contributed by atoms with Crippen molar-refractivity contribution in [2.24, 2.45) is 11.5 Å². The monoisotopic (exact) mass is 619 g/mol. The fraction of sp³-hybridized carbons (Fsp3) is 0.900. The Labute approximate surface area is 275 Å². The molecule has 0 atom stereocenters. The first-order valence-corrected chi connectivity index (χ1v) is 19.6. The Morgan fingerprint density at radius 2 is 0.455 bits per heavy atom. The van der Waals surface area contributed by atoms with Gasteiger partial charge in [0.2, 0.25) is 11.8 Å². The molecule has 4 nitrogen and oxygen atoms in total. The molecule has 0 aliphatic heterocycles. The maximum absolute atomic E-state index is 10.7. The van der Waals surface area contributed by atoms with Crippen molar-refractivity contribution in [2.45, 2.75) is 232 Å². The maximum atomic E-state index is 10.7. The lowest BCUT2D eigenvalue weighted by atomic mass is 9.96. The number of hydrogen-bond acceptors (Lipinski definition) is 2. The van der Waals surface area contributed by atoms with Crippen LogP contribution in [0.1, 0.15) is 232 Å². The number of hydrogen-bond donors (Lipinski definition) is 2. The van der Waals surface area contributed by atoms with Gasteiger partial charge in [0.25, 0.3) is 0 Å². The van der Waals surface area contributed by atoms with Crippen LogP contribution in [0.25, 0.3) is 0 Å². The van der Waals surface area contributed by atoms with Crippen LogP contribution in [0.15, 0.2) is 11.1 Å². The minimum atomic E-state index is -0.154. The van der Waals surface area contributed by atoms with Crippen LogP contribution in [0, 0.1) is 0 Å². The molecule has 0 rings (SSSR count). The molecule has 0 aromatic carbocycles. The van der Waals surface area contributed by atoms with E-state index in [1.807, 2.05) is 0 Å². The third-order valence-corrected chi connectivity index (χ3v) is 9.51. The predicted molar refractivity (Wildman–Crippen MR) is 194 cm³/mol. The molecule has 44 heavy (non-hydrogen) atoms. The molecular weight excluding hydrogens is 540 g/mol. The van der Waals surface area contributed by atoms with Crippen LogP contribution >= 0.6 is 0 Å². The number of unbranched alkanes of at least 4 members (excludes halogenated alkanes) is 28. The first kappa shape index (κ1) is 42.7. The Bertz CT molecular complexity index is 618. The Morgan fingerprint density at radius 3 is 0.614 bits per heavy atom.